The van der Waals surface area contributed by atoms with Gasteiger partial charge in [0.15, 0.2) is 0 Å². The fourth-order valence-corrected chi connectivity index (χ4v) is 1.39. The van der Waals surface area contributed by atoms with E-state index < -0.39 is 0 Å². The van der Waals surface area contributed by atoms with Gasteiger partial charge >= 0.3 is 0 Å². The topological polar surface area (TPSA) is 15.3 Å². The molecule has 0 atom stereocenters. The van der Waals surface area contributed by atoms with Crippen LogP contribution >= 0.6 is 0 Å². The Morgan fingerprint density at radius 2 is 2.40 bits per heavy atom. The van der Waals surface area contributed by atoms with Gasteiger partial charge in [-0.3, -0.25) is 0 Å². The van der Waals surface area contributed by atoms with Crippen LogP contribution < -0.4 is 5.32 Å². The molecule has 2 aliphatic heterocycles. The summed E-state index contributed by atoms with van der Waals surface area (Å²) in [5.41, 5.74) is 0. The van der Waals surface area contributed by atoms with Gasteiger partial charge in [0.2, 0.25) is 0 Å². The highest BCUT2D eigenvalue weighted by Crippen LogP contribution is 2.13. The Labute approximate surface area is 61.2 Å². The molecule has 2 nitrogen and oxygen atoms in total. The van der Waals surface area contributed by atoms with E-state index in [2.05, 4.69) is 28.6 Å². The minimum Gasteiger partial charge on any atom is -0.371 e. The average Bonchev–Trinajstić information content (AvgIpc) is 2.59. The smallest absolute Gasteiger partial charge is 0.101 e. The third kappa shape index (κ3) is 0.897. The average molecular weight is 136 g/mol. The lowest BCUT2D eigenvalue weighted by Crippen LogP contribution is -2.22. The maximum absolute atomic E-state index is 3.33. The molecule has 0 bridgehead atoms. The maximum Gasteiger partial charge on any atom is 0.101 e. The van der Waals surface area contributed by atoms with Gasteiger partial charge in [0.1, 0.15) is 5.82 Å². The fourth-order valence-electron chi connectivity index (χ4n) is 1.39. The zero-order valence-corrected chi connectivity index (χ0v) is 6.01. The molecule has 2 rings (SSSR count). The first kappa shape index (κ1) is 5.83. The highest BCUT2D eigenvalue weighted by Gasteiger charge is 2.11. The van der Waals surface area contributed by atoms with Crippen molar-refractivity contribution >= 4 is 0 Å². The highest BCUT2D eigenvalue weighted by atomic mass is 15.2. The van der Waals surface area contributed by atoms with E-state index in [-0.39, 0.29) is 0 Å². The quantitative estimate of drug-likeness (QED) is 0.579. The van der Waals surface area contributed by atoms with E-state index in [4.69, 9.17) is 0 Å². The zero-order valence-electron chi connectivity index (χ0n) is 6.01. The van der Waals surface area contributed by atoms with Gasteiger partial charge in [0.25, 0.3) is 0 Å². The van der Waals surface area contributed by atoms with Crippen molar-refractivity contribution in [3.8, 4) is 0 Å². The first-order valence-electron chi connectivity index (χ1n) is 3.84. The van der Waals surface area contributed by atoms with Crippen LogP contribution in [0.2, 0.25) is 0 Å². The Bertz CT molecular complexity index is 182. The van der Waals surface area contributed by atoms with Crippen molar-refractivity contribution in [1.29, 1.82) is 0 Å². The summed E-state index contributed by atoms with van der Waals surface area (Å²) in [6.45, 7) is 2.26. The molecule has 0 unspecified atom stereocenters. The monoisotopic (exact) mass is 136 g/mol. The van der Waals surface area contributed by atoms with Gasteiger partial charge in [0, 0.05) is 19.3 Å². The Kier molecular flexibility index (Phi) is 1.38. The lowest BCUT2D eigenvalue weighted by Gasteiger charge is -2.16. The lowest BCUT2D eigenvalue weighted by atomic mass is 10.4. The number of hydrogen-bond acceptors (Lipinski definition) is 2. The standard InChI is InChI=1S/C8H12N2/c1-2-7-10(6-1)8-4-3-5-9-8/h1,4,6,9H,2-3,5,7H2. The van der Waals surface area contributed by atoms with Crippen LogP contribution in [0.25, 0.3) is 0 Å². The summed E-state index contributed by atoms with van der Waals surface area (Å²) in [5, 5.41) is 3.33. The molecular formula is C8H12N2. The first-order chi connectivity index (χ1) is 4.97. The van der Waals surface area contributed by atoms with E-state index in [0.29, 0.717) is 0 Å². The molecule has 2 heteroatoms. The van der Waals surface area contributed by atoms with Crippen molar-refractivity contribution in [2.24, 2.45) is 0 Å². The molecule has 0 aliphatic carbocycles. The first-order valence-corrected chi connectivity index (χ1v) is 3.84. The van der Waals surface area contributed by atoms with Crippen molar-refractivity contribution in [3.05, 3.63) is 24.2 Å². The van der Waals surface area contributed by atoms with Crippen molar-refractivity contribution in [2.45, 2.75) is 12.8 Å². The molecule has 1 N–H and O–H groups in total. The molecule has 10 heavy (non-hydrogen) atoms. The van der Waals surface area contributed by atoms with Gasteiger partial charge in [0.05, 0.1) is 0 Å². The van der Waals surface area contributed by atoms with E-state index >= 15 is 0 Å². The normalized spacial score (nSPS) is 23.2. The second-order valence-electron chi connectivity index (χ2n) is 2.67. The third-order valence-electron chi connectivity index (χ3n) is 1.92. The molecule has 2 heterocycles. The minimum atomic E-state index is 1.11. The fraction of sp³-hybridized carbons (Fsp3) is 0.500. The number of rotatable bonds is 1. The van der Waals surface area contributed by atoms with Crippen LogP contribution in [0.1, 0.15) is 12.8 Å². The van der Waals surface area contributed by atoms with Gasteiger partial charge in [-0.15, -0.1) is 0 Å². The second-order valence-corrected chi connectivity index (χ2v) is 2.67. The molecule has 0 spiro atoms. The molecular weight excluding hydrogens is 124 g/mol. The molecule has 0 aromatic carbocycles. The van der Waals surface area contributed by atoms with Gasteiger partial charge in [-0.05, 0) is 18.9 Å². The van der Waals surface area contributed by atoms with E-state index in [1.54, 1.807) is 0 Å². The molecule has 0 aromatic rings. The van der Waals surface area contributed by atoms with Crippen LogP contribution in [0.3, 0.4) is 0 Å². The van der Waals surface area contributed by atoms with Crippen LogP contribution in [-0.2, 0) is 0 Å². The van der Waals surface area contributed by atoms with E-state index in [0.717, 1.165) is 13.1 Å². The van der Waals surface area contributed by atoms with Crippen LogP contribution in [-0.4, -0.2) is 18.0 Å². The predicted molar refractivity (Wildman–Crippen MR) is 41.2 cm³/mol. The van der Waals surface area contributed by atoms with Crippen molar-refractivity contribution in [1.82, 2.24) is 10.2 Å². The summed E-state index contributed by atoms with van der Waals surface area (Å²) < 4.78 is 0. The molecule has 0 aromatic heterocycles. The van der Waals surface area contributed by atoms with Crippen molar-refractivity contribution in [2.75, 3.05) is 13.1 Å². The molecule has 0 radical (unpaired) electrons. The number of nitrogens with one attached hydrogen (secondary N) is 1. The summed E-state index contributed by atoms with van der Waals surface area (Å²) in [5.74, 6) is 1.30. The third-order valence-corrected chi connectivity index (χ3v) is 1.92. The molecule has 0 fully saturated rings. The minimum absolute atomic E-state index is 1.11. The number of nitrogens with zero attached hydrogens (tertiary/aromatic N) is 1. The summed E-state index contributed by atoms with van der Waals surface area (Å²) in [4.78, 5) is 2.27. The highest BCUT2D eigenvalue weighted by molar-refractivity contribution is 5.11. The SMILES string of the molecule is C1=CN(C2=CCCN2)CC1. The van der Waals surface area contributed by atoms with Crippen LogP contribution in [0.4, 0.5) is 0 Å². The zero-order chi connectivity index (χ0) is 6.81. The Morgan fingerprint density at radius 1 is 1.40 bits per heavy atom. The summed E-state index contributed by atoms with van der Waals surface area (Å²) >= 11 is 0. The molecule has 0 amide bonds. The Morgan fingerprint density at radius 3 is 3.00 bits per heavy atom. The van der Waals surface area contributed by atoms with E-state index in [1.165, 1.54) is 18.7 Å². The second kappa shape index (κ2) is 2.37. The van der Waals surface area contributed by atoms with Crippen LogP contribution in [0.15, 0.2) is 24.2 Å². The summed E-state index contributed by atoms with van der Waals surface area (Å²) in [6, 6.07) is 0. The summed E-state index contributed by atoms with van der Waals surface area (Å²) in [7, 11) is 0. The van der Waals surface area contributed by atoms with Crippen molar-refractivity contribution < 1.29 is 0 Å². The summed E-state index contributed by atoms with van der Waals surface area (Å²) in [6.07, 6.45) is 9.00. The Balaban J connectivity index is 2.04. The number of hydrogen-bond donors (Lipinski definition) is 1. The van der Waals surface area contributed by atoms with Crippen LogP contribution in [0, 0.1) is 0 Å². The molecule has 54 valence electrons. The van der Waals surface area contributed by atoms with Crippen molar-refractivity contribution in [3.63, 3.8) is 0 Å². The molecule has 0 saturated carbocycles. The lowest BCUT2D eigenvalue weighted by molar-refractivity contribution is 0.471. The predicted octanol–water partition coefficient (Wildman–Crippen LogP) is 1.04. The van der Waals surface area contributed by atoms with Gasteiger partial charge in [-0.25, -0.2) is 0 Å². The van der Waals surface area contributed by atoms with Gasteiger partial charge in [-0.1, -0.05) is 6.08 Å². The van der Waals surface area contributed by atoms with Gasteiger partial charge in [-0.2, -0.15) is 0 Å². The van der Waals surface area contributed by atoms with Crippen LogP contribution in [0.5, 0.6) is 0 Å². The van der Waals surface area contributed by atoms with E-state index in [9.17, 15) is 0 Å². The largest absolute Gasteiger partial charge is 0.371 e. The molecule has 0 saturated heterocycles. The van der Waals surface area contributed by atoms with E-state index in [1.807, 2.05) is 0 Å². The van der Waals surface area contributed by atoms with Gasteiger partial charge < -0.3 is 10.2 Å². The maximum atomic E-state index is 3.33. The Hall–Kier alpha value is -0.920. The molecule has 2 aliphatic rings.